The van der Waals surface area contributed by atoms with E-state index in [0.717, 1.165) is 11.1 Å². The van der Waals surface area contributed by atoms with Gasteiger partial charge in [0, 0.05) is 19.0 Å². The number of phenols is 1. The fraction of sp³-hybridized carbons (Fsp3) is 0.235. The maximum atomic E-state index is 11.9. The highest BCUT2D eigenvalue weighted by atomic mass is 16.6. The predicted octanol–water partition coefficient (Wildman–Crippen LogP) is 3.13. The zero-order valence-corrected chi connectivity index (χ0v) is 11.6. The fourth-order valence-electron chi connectivity index (χ4n) is 2.43. The third kappa shape index (κ3) is 3.16. The average molecular weight is 283 g/mol. The van der Waals surface area contributed by atoms with Crippen molar-refractivity contribution in [3.8, 4) is 5.75 Å². The third-order valence-electron chi connectivity index (χ3n) is 3.69. The second kappa shape index (κ2) is 5.87. The second-order valence-corrected chi connectivity index (χ2v) is 5.24. The Hall–Kier alpha value is -2.49. The van der Waals surface area contributed by atoms with Crippen LogP contribution in [-0.4, -0.2) is 29.2 Å². The minimum Gasteiger partial charge on any atom is -0.508 e. The zero-order valence-electron chi connectivity index (χ0n) is 11.6. The van der Waals surface area contributed by atoms with Crippen LogP contribution in [0.15, 0.2) is 54.6 Å². The number of phenolic OH excluding ortho intramolecular Hbond substituents is 1. The molecular formula is C17H17NO3. The lowest BCUT2D eigenvalue weighted by Crippen LogP contribution is -2.48. The topological polar surface area (TPSA) is 49.8 Å². The van der Waals surface area contributed by atoms with Gasteiger partial charge in [0.15, 0.2) is 0 Å². The van der Waals surface area contributed by atoms with E-state index < -0.39 is 0 Å². The number of benzene rings is 2. The molecule has 0 spiro atoms. The summed E-state index contributed by atoms with van der Waals surface area (Å²) in [6.07, 6.45) is -0.282. The number of carbonyl (C=O) groups is 1. The van der Waals surface area contributed by atoms with Crippen LogP contribution in [0.25, 0.3) is 0 Å². The Balaban J connectivity index is 1.48. The van der Waals surface area contributed by atoms with Crippen LogP contribution >= 0.6 is 0 Å². The summed E-state index contributed by atoms with van der Waals surface area (Å²) >= 11 is 0. The molecule has 1 fully saturated rings. The van der Waals surface area contributed by atoms with Gasteiger partial charge in [0.05, 0.1) is 0 Å². The van der Waals surface area contributed by atoms with Crippen LogP contribution in [0, 0.1) is 0 Å². The molecule has 2 aromatic carbocycles. The first-order valence-electron chi connectivity index (χ1n) is 6.97. The highest BCUT2D eigenvalue weighted by Gasteiger charge is 2.32. The number of aromatic hydroxyl groups is 1. The standard InChI is InChI=1S/C17H17NO3/c19-16-8-4-7-14(9-16)15-10-18(11-15)17(20)21-12-13-5-2-1-3-6-13/h1-9,15,19H,10-12H2. The van der Waals surface area contributed by atoms with Gasteiger partial charge in [-0.1, -0.05) is 42.5 Å². The van der Waals surface area contributed by atoms with Crippen LogP contribution < -0.4 is 0 Å². The molecule has 0 aliphatic carbocycles. The monoisotopic (exact) mass is 283 g/mol. The molecule has 0 saturated carbocycles. The lowest BCUT2D eigenvalue weighted by atomic mass is 9.92. The molecular weight excluding hydrogens is 266 g/mol. The van der Waals surface area contributed by atoms with Gasteiger partial charge in [0.25, 0.3) is 0 Å². The molecule has 0 unspecified atom stereocenters. The SMILES string of the molecule is O=C(OCc1ccccc1)N1CC(c2cccc(O)c2)C1. The van der Waals surface area contributed by atoms with Crippen molar-refractivity contribution in [1.82, 2.24) is 4.90 Å². The molecule has 21 heavy (non-hydrogen) atoms. The van der Waals surface area contributed by atoms with E-state index in [9.17, 15) is 9.90 Å². The number of likely N-dealkylation sites (tertiary alicyclic amines) is 1. The van der Waals surface area contributed by atoms with Crippen LogP contribution in [0.3, 0.4) is 0 Å². The van der Waals surface area contributed by atoms with Crippen LogP contribution in [0.2, 0.25) is 0 Å². The van der Waals surface area contributed by atoms with Gasteiger partial charge in [0.2, 0.25) is 0 Å². The number of hydrogen-bond acceptors (Lipinski definition) is 3. The summed E-state index contributed by atoms with van der Waals surface area (Å²) < 4.78 is 5.28. The van der Waals surface area contributed by atoms with Crippen molar-refractivity contribution in [3.05, 3.63) is 65.7 Å². The molecule has 0 atom stereocenters. The van der Waals surface area contributed by atoms with Gasteiger partial charge in [-0.25, -0.2) is 4.79 Å². The number of nitrogens with zero attached hydrogens (tertiary/aromatic N) is 1. The molecule has 4 heteroatoms. The van der Waals surface area contributed by atoms with Crippen molar-refractivity contribution in [3.63, 3.8) is 0 Å². The molecule has 1 aliphatic heterocycles. The second-order valence-electron chi connectivity index (χ2n) is 5.24. The van der Waals surface area contributed by atoms with Gasteiger partial charge < -0.3 is 14.7 Å². The van der Waals surface area contributed by atoms with E-state index in [2.05, 4.69) is 0 Å². The Labute approximate surface area is 123 Å². The van der Waals surface area contributed by atoms with Gasteiger partial charge in [-0.2, -0.15) is 0 Å². The van der Waals surface area contributed by atoms with Crippen LogP contribution in [0.4, 0.5) is 4.79 Å². The van der Waals surface area contributed by atoms with E-state index >= 15 is 0 Å². The van der Waals surface area contributed by atoms with Crippen molar-refractivity contribution >= 4 is 6.09 Å². The summed E-state index contributed by atoms with van der Waals surface area (Å²) in [5, 5.41) is 9.46. The Morgan fingerprint density at radius 1 is 1.14 bits per heavy atom. The minimum absolute atomic E-state index is 0.262. The fourth-order valence-corrected chi connectivity index (χ4v) is 2.43. The first-order valence-corrected chi connectivity index (χ1v) is 6.97. The number of carbonyl (C=O) groups excluding carboxylic acids is 1. The molecule has 1 N–H and O–H groups in total. The molecule has 4 nitrogen and oxygen atoms in total. The predicted molar refractivity (Wildman–Crippen MR) is 79.0 cm³/mol. The average Bonchev–Trinajstić information content (AvgIpc) is 2.45. The molecule has 1 heterocycles. The summed E-state index contributed by atoms with van der Waals surface area (Å²) in [4.78, 5) is 13.6. The molecule has 1 saturated heterocycles. The maximum Gasteiger partial charge on any atom is 0.410 e. The minimum atomic E-state index is -0.282. The number of hydrogen-bond donors (Lipinski definition) is 1. The smallest absolute Gasteiger partial charge is 0.410 e. The quantitative estimate of drug-likeness (QED) is 0.941. The van der Waals surface area contributed by atoms with Gasteiger partial charge in [-0.05, 0) is 23.3 Å². The number of amides is 1. The molecule has 2 aromatic rings. The van der Waals surface area contributed by atoms with Gasteiger partial charge in [-0.3, -0.25) is 0 Å². The molecule has 3 rings (SSSR count). The summed E-state index contributed by atoms with van der Waals surface area (Å²) in [5.41, 5.74) is 2.04. The largest absolute Gasteiger partial charge is 0.508 e. The molecule has 0 bridgehead atoms. The molecule has 0 aromatic heterocycles. The van der Waals surface area contributed by atoms with Crippen molar-refractivity contribution in [2.45, 2.75) is 12.5 Å². The maximum absolute atomic E-state index is 11.9. The first-order chi connectivity index (χ1) is 10.2. The third-order valence-corrected chi connectivity index (χ3v) is 3.69. The highest BCUT2D eigenvalue weighted by molar-refractivity contribution is 5.69. The number of ether oxygens (including phenoxy) is 1. The molecule has 1 amide bonds. The zero-order chi connectivity index (χ0) is 14.7. The summed E-state index contributed by atoms with van der Waals surface area (Å²) in [6.45, 7) is 1.57. The molecule has 1 aliphatic rings. The van der Waals surface area contributed by atoms with Gasteiger partial charge >= 0.3 is 6.09 Å². The van der Waals surface area contributed by atoms with E-state index in [-0.39, 0.29) is 17.8 Å². The van der Waals surface area contributed by atoms with Crippen LogP contribution in [0.1, 0.15) is 17.0 Å². The van der Waals surface area contributed by atoms with Crippen molar-refractivity contribution in [2.24, 2.45) is 0 Å². The van der Waals surface area contributed by atoms with Crippen molar-refractivity contribution in [1.29, 1.82) is 0 Å². The van der Waals surface area contributed by atoms with E-state index in [1.807, 2.05) is 42.5 Å². The van der Waals surface area contributed by atoms with Crippen LogP contribution in [0.5, 0.6) is 5.75 Å². The molecule has 108 valence electrons. The highest BCUT2D eigenvalue weighted by Crippen LogP contribution is 2.29. The van der Waals surface area contributed by atoms with Gasteiger partial charge in [-0.15, -0.1) is 0 Å². The summed E-state index contributed by atoms with van der Waals surface area (Å²) in [6, 6.07) is 16.8. The van der Waals surface area contributed by atoms with Crippen LogP contribution in [-0.2, 0) is 11.3 Å². The van der Waals surface area contributed by atoms with Gasteiger partial charge in [0.1, 0.15) is 12.4 Å². The summed E-state index contributed by atoms with van der Waals surface area (Å²) in [7, 11) is 0. The van der Waals surface area contributed by atoms with E-state index in [4.69, 9.17) is 4.74 Å². The van der Waals surface area contributed by atoms with Crippen molar-refractivity contribution in [2.75, 3.05) is 13.1 Å². The normalized spacial score (nSPS) is 14.6. The Kier molecular flexibility index (Phi) is 3.77. The lowest BCUT2D eigenvalue weighted by molar-refractivity contribution is 0.0664. The lowest BCUT2D eigenvalue weighted by Gasteiger charge is -2.38. The van der Waals surface area contributed by atoms with E-state index in [1.165, 1.54) is 0 Å². The Morgan fingerprint density at radius 3 is 2.62 bits per heavy atom. The Morgan fingerprint density at radius 2 is 1.90 bits per heavy atom. The summed E-state index contributed by atoms with van der Waals surface area (Å²) in [5.74, 6) is 0.541. The first kappa shape index (κ1) is 13.5. The Bertz CT molecular complexity index is 621. The molecule has 0 radical (unpaired) electrons. The number of rotatable bonds is 3. The van der Waals surface area contributed by atoms with E-state index in [1.54, 1.807) is 17.0 Å². The van der Waals surface area contributed by atoms with E-state index in [0.29, 0.717) is 19.7 Å². The van der Waals surface area contributed by atoms with Crippen molar-refractivity contribution < 1.29 is 14.6 Å².